The van der Waals surface area contributed by atoms with Crippen molar-refractivity contribution >= 4 is 21.2 Å². The van der Waals surface area contributed by atoms with Gasteiger partial charge in [0, 0.05) is 12.8 Å². The minimum Gasteiger partial charge on any atom is -0.396 e. The molecular formula is C16H26N2O2S. The second-order valence-electron chi connectivity index (χ2n) is 6.17. The van der Waals surface area contributed by atoms with E-state index in [1.54, 1.807) is 12.1 Å². The number of hydrogen-bond donors (Lipinski definition) is 2. The highest BCUT2D eigenvalue weighted by atomic mass is 32.2. The number of nitrogens with two attached hydrogens (primary N) is 1. The SMILES string of the molecule is CCC1CCC(CNc2cccc(S(C)(=O)=O)c2N)CC1. The number of anilines is 2. The lowest BCUT2D eigenvalue weighted by molar-refractivity contribution is 0.278. The smallest absolute Gasteiger partial charge is 0.177 e. The van der Waals surface area contributed by atoms with Gasteiger partial charge in [-0.25, -0.2) is 8.42 Å². The van der Waals surface area contributed by atoms with Crippen LogP contribution in [-0.4, -0.2) is 21.2 Å². The molecule has 0 radical (unpaired) electrons. The number of nitrogen functional groups attached to an aromatic ring is 1. The average molecular weight is 310 g/mol. The normalized spacial score (nSPS) is 23.0. The minimum absolute atomic E-state index is 0.210. The summed E-state index contributed by atoms with van der Waals surface area (Å²) in [5, 5.41) is 3.34. The fourth-order valence-electron chi connectivity index (χ4n) is 3.12. The molecule has 118 valence electrons. The van der Waals surface area contributed by atoms with E-state index in [0.29, 0.717) is 11.6 Å². The van der Waals surface area contributed by atoms with Gasteiger partial charge < -0.3 is 11.1 Å². The number of para-hydroxylation sites is 1. The topological polar surface area (TPSA) is 72.2 Å². The van der Waals surface area contributed by atoms with Gasteiger partial charge in [-0.05, 0) is 36.8 Å². The lowest BCUT2D eigenvalue weighted by atomic mass is 9.81. The van der Waals surface area contributed by atoms with Gasteiger partial charge in [0.05, 0.1) is 16.3 Å². The van der Waals surface area contributed by atoms with E-state index in [1.165, 1.54) is 38.4 Å². The molecule has 1 fully saturated rings. The molecule has 1 aliphatic rings. The molecule has 0 atom stereocenters. The van der Waals surface area contributed by atoms with Crippen molar-refractivity contribution in [2.75, 3.05) is 23.9 Å². The molecule has 4 nitrogen and oxygen atoms in total. The van der Waals surface area contributed by atoms with Crippen molar-refractivity contribution in [3.63, 3.8) is 0 Å². The lowest BCUT2D eigenvalue weighted by Gasteiger charge is -2.28. The molecule has 0 saturated heterocycles. The second-order valence-corrected chi connectivity index (χ2v) is 8.15. The van der Waals surface area contributed by atoms with Gasteiger partial charge in [0.1, 0.15) is 0 Å². The van der Waals surface area contributed by atoms with Crippen LogP contribution in [0.25, 0.3) is 0 Å². The van der Waals surface area contributed by atoms with Crippen LogP contribution >= 0.6 is 0 Å². The van der Waals surface area contributed by atoms with E-state index in [2.05, 4.69) is 12.2 Å². The highest BCUT2D eigenvalue weighted by Gasteiger charge is 2.20. The standard InChI is InChI=1S/C16H26N2O2S/c1-3-12-7-9-13(10-8-12)11-18-14-5-4-6-15(16(14)17)21(2,19)20/h4-6,12-13,18H,3,7-11,17H2,1-2H3. The Morgan fingerprint density at radius 2 is 1.81 bits per heavy atom. The Bertz CT molecular complexity index is 576. The molecule has 0 heterocycles. The Kier molecular flexibility index (Phi) is 5.14. The zero-order chi connectivity index (χ0) is 15.5. The molecule has 1 aromatic rings. The molecule has 5 heteroatoms. The predicted octanol–water partition coefficient (Wildman–Crippen LogP) is 3.30. The summed E-state index contributed by atoms with van der Waals surface area (Å²) in [6, 6.07) is 5.15. The fourth-order valence-corrected chi connectivity index (χ4v) is 3.95. The lowest BCUT2D eigenvalue weighted by Crippen LogP contribution is -2.21. The minimum atomic E-state index is -3.27. The van der Waals surface area contributed by atoms with E-state index < -0.39 is 9.84 Å². The maximum atomic E-state index is 11.7. The molecular weight excluding hydrogens is 284 g/mol. The molecule has 0 spiro atoms. The number of nitrogens with one attached hydrogen (secondary N) is 1. The summed E-state index contributed by atoms with van der Waals surface area (Å²) in [5.41, 5.74) is 7.05. The van der Waals surface area contributed by atoms with Gasteiger partial charge in [-0.2, -0.15) is 0 Å². The van der Waals surface area contributed by atoms with Crippen LogP contribution in [-0.2, 0) is 9.84 Å². The molecule has 3 N–H and O–H groups in total. The van der Waals surface area contributed by atoms with Crippen LogP contribution in [0.1, 0.15) is 39.0 Å². The number of sulfone groups is 1. The Morgan fingerprint density at radius 3 is 2.38 bits per heavy atom. The summed E-state index contributed by atoms with van der Waals surface area (Å²) in [6.45, 7) is 3.13. The van der Waals surface area contributed by atoms with Crippen LogP contribution in [0.3, 0.4) is 0 Å². The van der Waals surface area contributed by atoms with Crippen LogP contribution < -0.4 is 11.1 Å². The third-order valence-electron chi connectivity index (χ3n) is 4.59. The van der Waals surface area contributed by atoms with Crippen LogP contribution in [0.2, 0.25) is 0 Å². The van der Waals surface area contributed by atoms with E-state index >= 15 is 0 Å². The van der Waals surface area contributed by atoms with E-state index in [1.807, 2.05) is 6.07 Å². The molecule has 1 aromatic carbocycles. The van der Waals surface area contributed by atoms with Gasteiger partial charge in [0.15, 0.2) is 9.84 Å². The van der Waals surface area contributed by atoms with E-state index in [0.717, 1.165) is 18.2 Å². The van der Waals surface area contributed by atoms with Crippen molar-refractivity contribution in [2.45, 2.75) is 43.9 Å². The van der Waals surface area contributed by atoms with Gasteiger partial charge in [-0.3, -0.25) is 0 Å². The van der Waals surface area contributed by atoms with Crippen LogP contribution in [0.5, 0.6) is 0 Å². The first kappa shape index (κ1) is 16.1. The van der Waals surface area contributed by atoms with Crippen molar-refractivity contribution < 1.29 is 8.42 Å². The third kappa shape index (κ3) is 4.13. The quantitative estimate of drug-likeness (QED) is 0.819. The van der Waals surface area contributed by atoms with Crippen molar-refractivity contribution in [1.82, 2.24) is 0 Å². The molecule has 0 aliphatic heterocycles. The number of hydrogen-bond acceptors (Lipinski definition) is 4. The highest BCUT2D eigenvalue weighted by molar-refractivity contribution is 7.90. The summed E-state index contributed by atoms with van der Waals surface area (Å²) in [4.78, 5) is 0.210. The van der Waals surface area contributed by atoms with Crippen molar-refractivity contribution in [3.8, 4) is 0 Å². The molecule has 0 amide bonds. The first-order valence-electron chi connectivity index (χ1n) is 7.74. The third-order valence-corrected chi connectivity index (χ3v) is 5.75. The van der Waals surface area contributed by atoms with Crippen molar-refractivity contribution in [3.05, 3.63) is 18.2 Å². The number of rotatable bonds is 5. The average Bonchev–Trinajstić information content (AvgIpc) is 2.45. The van der Waals surface area contributed by atoms with Crippen LogP contribution in [0.15, 0.2) is 23.1 Å². The summed E-state index contributed by atoms with van der Waals surface area (Å²) >= 11 is 0. The molecule has 2 rings (SSSR count). The summed E-state index contributed by atoms with van der Waals surface area (Å²) in [7, 11) is -3.27. The summed E-state index contributed by atoms with van der Waals surface area (Å²) in [5.74, 6) is 1.55. The number of benzene rings is 1. The molecule has 0 aromatic heterocycles. The van der Waals surface area contributed by atoms with Gasteiger partial charge in [0.25, 0.3) is 0 Å². The van der Waals surface area contributed by atoms with E-state index in [9.17, 15) is 8.42 Å². The van der Waals surface area contributed by atoms with E-state index in [-0.39, 0.29) is 4.90 Å². The Balaban J connectivity index is 1.98. The highest BCUT2D eigenvalue weighted by Crippen LogP contribution is 2.32. The molecule has 0 bridgehead atoms. The second kappa shape index (κ2) is 6.69. The maximum absolute atomic E-state index is 11.7. The maximum Gasteiger partial charge on any atom is 0.177 e. The van der Waals surface area contributed by atoms with Crippen LogP contribution in [0, 0.1) is 11.8 Å². The molecule has 1 saturated carbocycles. The molecule has 0 unspecified atom stereocenters. The summed E-state index contributed by atoms with van der Waals surface area (Å²) < 4.78 is 23.3. The monoisotopic (exact) mass is 310 g/mol. The van der Waals surface area contributed by atoms with E-state index in [4.69, 9.17) is 5.73 Å². The predicted molar refractivity (Wildman–Crippen MR) is 88.2 cm³/mol. The van der Waals surface area contributed by atoms with Gasteiger partial charge in [-0.15, -0.1) is 0 Å². The summed E-state index contributed by atoms with van der Waals surface area (Å²) in [6.07, 6.45) is 7.58. The Morgan fingerprint density at radius 1 is 1.19 bits per heavy atom. The zero-order valence-electron chi connectivity index (χ0n) is 12.9. The van der Waals surface area contributed by atoms with Crippen molar-refractivity contribution in [1.29, 1.82) is 0 Å². The Hall–Kier alpha value is -1.23. The van der Waals surface area contributed by atoms with Gasteiger partial charge in [0.2, 0.25) is 0 Å². The van der Waals surface area contributed by atoms with Crippen molar-refractivity contribution in [2.24, 2.45) is 11.8 Å². The van der Waals surface area contributed by atoms with Crippen LogP contribution in [0.4, 0.5) is 11.4 Å². The Labute approximate surface area is 128 Å². The molecule has 21 heavy (non-hydrogen) atoms. The molecule has 1 aliphatic carbocycles. The zero-order valence-corrected chi connectivity index (χ0v) is 13.7. The first-order valence-corrected chi connectivity index (χ1v) is 9.63. The van der Waals surface area contributed by atoms with Gasteiger partial charge in [-0.1, -0.05) is 32.3 Å². The largest absolute Gasteiger partial charge is 0.396 e. The van der Waals surface area contributed by atoms with Gasteiger partial charge >= 0.3 is 0 Å². The first-order chi connectivity index (χ1) is 9.91. The fraction of sp³-hybridized carbons (Fsp3) is 0.625.